The summed E-state index contributed by atoms with van der Waals surface area (Å²) in [6, 6.07) is 11.8. The first-order valence-corrected chi connectivity index (χ1v) is 8.37. The van der Waals surface area contributed by atoms with Gasteiger partial charge in [0.25, 0.3) is 0 Å². The second-order valence-corrected chi connectivity index (χ2v) is 5.92. The Kier molecular flexibility index (Phi) is 8.04. The van der Waals surface area contributed by atoms with Crippen molar-refractivity contribution in [1.29, 1.82) is 0 Å². The molecule has 0 aliphatic heterocycles. The Labute approximate surface area is 173 Å². The third-order valence-corrected chi connectivity index (χ3v) is 3.63. The molecule has 0 aliphatic carbocycles. The third-order valence-electron chi connectivity index (χ3n) is 3.63. The van der Waals surface area contributed by atoms with Crippen LogP contribution < -0.4 is 9.13 Å². The van der Waals surface area contributed by atoms with Crippen LogP contribution in [0.2, 0.25) is 0 Å². The fraction of sp³-hybridized carbons (Fsp3) is 0.200. The zero-order chi connectivity index (χ0) is 18.2. The Morgan fingerprint density at radius 2 is 1.22 bits per heavy atom. The van der Waals surface area contributed by atoms with Gasteiger partial charge in [-0.15, -0.1) is 0 Å². The van der Waals surface area contributed by atoms with Crippen molar-refractivity contribution in [2.24, 2.45) is 14.1 Å². The Balaban J connectivity index is 0.000000187. The molecule has 4 heterocycles. The zero-order valence-electron chi connectivity index (χ0n) is 15.4. The van der Waals surface area contributed by atoms with E-state index in [9.17, 15) is 0 Å². The van der Waals surface area contributed by atoms with Gasteiger partial charge in [-0.1, -0.05) is 12.1 Å². The minimum absolute atomic E-state index is 0. The Bertz CT molecular complexity index is 840. The standard InChI is InChI=1S/2C10H11N3.Ir/c2*1-12-6-7-13(9-12)8-10-4-2-3-5-11-10;/h2*2-7H,8H2,1H3;. The molecule has 0 atom stereocenters. The molecule has 0 amide bonds. The number of hydrogen-bond donors (Lipinski definition) is 0. The molecule has 0 N–H and O–H groups in total. The average Bonchev–Trinajstić information content (AvgIpc) is 3.25. The summed E-state index contributed by atoms with van der Waals surface area (Å²) < 4.78 is 7.73. The molecular weight excluding hydrogens is 516 g/mol. The van der Waals surface area contributed by atoms with Crippen LogP contribution in [0.3, 0.4) is 0 Å². The van der Waals surface area contributed by atoms with Gasteiger partial charge in [0.1, 0.15) is 13.1 Å². The summed E-state index contributed by atoms with van der Waals surface area (Å²) >= 11 is 0. The van der Waals surface area contributed by atoms with Gasteiger partial charge in [-0.3, -0.25) is 9.97 Å². The van der Waals surface area contributed by atoms with Crippen LogP contribution in [0.15, 0.2) is 73.6 Å². The van der Waals surface area contributed by atoms with Crippen molar-refractivity contribution in [3.8, 4) is 0 Å². The Morgan fingerprint density at radius 1 is 0.778 bits per heavy atom. The van der Waals surface area contributed by atoms with E-state index in [1.165, 1.54) is 0 Å². The SMILES string of the molecule is C[n+]1[c-]n(Cc2ccccn2)cc1.C[n+]1[c-]n(Cc2ccccn2)cc1.[Ir]. The van der Waals surface area contributed by atoms with Crippen molar-refractivity contribution in [3.63, 3.8) is 0 Å². The van der Waals surface area contributed by atoms with E-state index in [-0.39, 0.29) is 20.1 Å². The molecule has 4 aromatic rings. The van der Waals surface area contributed by atoms with Crippen molar-refractivity contribution < 1.29 is 29.2 Å². The smallest absolute Gasteiger partial charge is 0.204 e. The summed E-state index contributed by atoms with van der Waals surface area (Å²) in [5.74, 6) is 0. The van der Waals surface area contributed by atoms with Crippen molar-refractivity contribution in [3.05, 3.63) is 97.6 Å². The van der Waals surface area contributed by atoms with Crippen LogP contribution in [-0.2, 0) is 47.3 Å². The Hall–Kier alpha value is -2.63. The minimum atomic E-state index is 0. The van der Waals surface area contributed by atoms with Crippen LogP contribution in [0.4, 0.5) is 0 Å². The fourth-order valence-electron chi connectivity index (χ4n) is 2.41. The molecule has 0 bridgehead atoms. The number of hydrogen-bond acceptors (Lipinski definition) is 2. The van der Waals surface area contributed by atoms with Gasteiger partial charge in [-0.25, -0.2) is 0 Å². The molecule has 1 radical (unpaired) electrons. The van der Waals surface area contributed by atoms with Crippen molar-refractivity contribution in [1.82, 2.24) is 19.1 Å². The van der Waals surface area contributed by atoms with E-state index in [1.54, 1.807) is 12.4 Å². The van der Waals surface area contributed by atoms with Gasteiger partial charge in [0, 0.05) is 32.5 Å². The number of aryl methyl sites for hydroxylation is 2. The predicted molar refractivity (Wildman–Crippen MR) is 95.6 cm³/mol. The molecule has 0 unspecified atom stereocenters. The number of rotatable bonds is 4. The van der Waals surface area contributed by atoms with Crippen molar-refractivity contribution >= 4 is 0 Å². The van der Waals surface area contributed by atoms with Crippen LogP contribution in [0.5, 0.6) is 0 Å². The van der Waals surface area contributed by atoms with Gasteiger partial charge in [-0.05, 0) is 49.1 Å². The molecule has 4 aromatic heterocycles. The molecule has 7 heteroatoms. The Morgan fingerprint density at radius 3 is 1.52 bits per heavy atom. The van der Waals surface area contributed by atoms with E-state index in [0.29, 0.717) is 0 Å². The average molecular weight is 539 g/mol. The van der Waals surface area contributed by atoms with Crippen molar-refractivity contribution in [2.75, 3.05) is 0 Å². The molecule has 0 saturated carbocycles. The van der Waals surface area contributed by atoms with E-state index in [4.69, 9.17) is 0 Å². The first-order chi connectivity index (χ1) is 12.7. The van der Waals surface area contributed by atoms with Crippen LogP contribution in [-0.4, -0.2) is 19.1 Å². The third kappa shape index (κ3) is 6.89. The second-order valence-electron chi connectivity index (χ2n) is 5.92. The predicted octanol–water partition coefficient (Wildman–Crippen LogP) is 1.11. The molecular formula is C20H22IrN6. The van der Waals surface area contributed by atoms with E-state index < -0.39 is 0 Å². The molecule has 6 nitrogen and oxygen atoms in total. The van der Waals surface area contributed by atoms with Gasteiger partial charge < -0.3 is 18.3 Å². The molecule has 0 fully saturated rings. The molecule has 141 valence electrons. The second kappa shape index (κ2) is 10.5. The van der Waals surface area contributed by atoms with Gasteiger partial charge >= 0.3 is 0 Å². The fourth-order valence-corrected chi connectivity index (χ4v) is 2.41. The van der Waals surface area contributed by atoms with Gasteiger partial charge in [0.05, 0.1) is 25.5 Å². The van der Waals surface area contributed by atoms with E-state index in [2.05, 4.69) is 22.6 Å². The molecule has 0 saturated heterocycles. The van der Waals surface area contributed by atoms with Crippen LogP contribution in [0.25, 0.3) is 0 Å². The maximum Gasteiger partial charge on any atom is 0.204 e. The quantitative estimate of drug-likeness (QED) is 0.289. The van der Waals surface area contributed by atoms with Crippen LogP contribution in [0.1, 0.15) is 11.4 Å². The maximum absolute atomic E-state index is 4.23. The molecule has 0 spiro atoms. The van der Waals surface area contributed by atoms with E-state index in [0.717, 1.165) is 24.5 Å². The minimum Gasteiger partial charge on any atom is -0.354 e. The summed E-state index contributed by atoms with van der Waals surface area (Å²) in [7, 11) is 3.91. The molecule has 0 aliphatic rings. The maximum atomic E-state index is 4.23. The van der Waals surface area contributed by atoms with Crippen LogP contribution in [0, 0.1) is 12.7 Å². The summed E-state index contributed by atoms with van der Waals surface area (Å²) in [6.45, 7) is 1.56. The molecule has 0 aromatic carbocycles. The molecule has 4 rings (SSSR count). The zero-order valence-corrected chi connectivity index (χ0v) is 17.8. The van der Waals surface area contributed by atoms with Gasteiger partial charge in [-0.2, -0.15) is 0 Å². The number of nitrogens with zero attached hydrogens (tertiary/aromatic N) is 6. The first kappa shape index (κ1) is 20.7. The van der Waals surface area contributed by atoms with Gasteiger partial charge in [0.2, 0.25) is 12.7 Å². The van der Waals surface area contributed by atoms with E-state index >= 15 is 0 Å². The number of aromatic nitrogens is 6. The van der Waals surface area contributed by atoms with Crippen LogP contribution >= 0.6 is 0 Å². The number of pyridine rings is 2. The summed E-state index contributed by atoms with van der Waals surface area (Å²) in [4.78, 5) is 8.47. The first-order valence-electron chi connectivity index (χ1n) is 8.37. The molecule has 27 heavy (non-hydrogen) atoms. The summed E-state index contributed by atoms with van der Waals surface area (Å²) in [6.07, 6.45) is 17.7. The van der Waals surface area contributed by atoms with E-state index in [1.807, 2.05) is 93.5 Å². The number of imidazole rings is 2. The van der Waals surface area contributed by atoms with Gasteiger partial charge in [0.15, 0.2) is 0 Å². The normalized spacial score (nSPS) is 9.85. The summed E-state index contributed by atoms with van der Waals surface area (Å²) in [5, 5.41) is 0. The summed E-state index contributed by atoms with van der Waals surface area (Å²) in [5.41, 5.74) is 2.10. The van der Waals surface area contributed by atoms with Crippen molar-refractivity contribution in [2.45, 2.75) is 13.1 Å². The topological polar surface area (TPSA) is 43.4 Å². The monoisotopic (exact) mass is 539 g/mol. The largest absolute Gasteiger partial charge is 0.354 e.